The highest BCUT2D eigenvalue weighted by Gasteiger charge is 2.27. The fourth-order valence-electron chi connectivity index (χ4n) is 3.28. The van der Waals surface area contributed by atoms with E-state index in [-0.39, 0.29) is 11.8 Å². The molecule has 2 aromatic rings. The standard InChI is InChI=1S/C19H24N4O2S/c1-4-10-20-18(25)16-13-8-6-7-9-15(13)26-19(16)21-17(24)14-11-12(3)22-23(14)5-2/h4,11H,1,5-10H2,2-3H3,(H,20,25)(H,21,24). The van der Waals surface area contributed by atoms with Gasteiger partial charge in [-0.3, -0.25) is 14.3 Å². The maximum Gasteiger partial charge on any atom is 0.274 e. The van der Waals surface area contributed by atoms with Gasteiger partial charge in [0.25, 0.3) is 11.8 Å². The molecular weight excluding hydrogens is 348 g/mol. The van der Waals surface area contributed by atoms with Crippen molar-refractivity contribution in [2.24, 2.45) is 0 Å². The number of nitrogens with zero attached hydrogens (tertiary/aromatic N) is 2. The van der Waals surface area contributed by atoms with Gasteiger partial charge in [-0.25, -0.2) is 0 Å². The fraction of sp³-hybridized carbons (Fsp3) is 0.421. The van der Waals surface area contributed by atoms with E-state index >= 15 is 0 Å². The first-order valence-electron chi connectivity index (χ1n) is 8.94. The number of rotatable bonds is 6. The van der Waals surface area contributed by atoms with Gasteiger partial charge in [0, 0.05) is 18.0 Å². The zero-order chi connectivity index (χ0) is 18.7. The number of carbonyl (C=O) groups excluding carboxylic acids is 2. The van der Waals surface area contributed by atoms with Crippen LogP contribution in [0.25, 0.3) is 0 Å². The normalized spacial score (nSPS) is 13.2. The molecular formula is C19H24N4O2S. The fourth-order valence-corrected chi connectivity index (χ4v) is 4.57. The number of hydrogen-bond donors (Lipinski definition) is 2. The summed E-state index contributed by atoms with van der Waals surface area (Å²) in [5.41, 5.74) is 3.00. The number of anilines is 1. The lowest BCUT2D eigenvalue weighted by Gasteiger charge is -2.13. The molecule has 6 nitrogen and oxygen atoms in total. The van der Waals surface area contributed by atoms with Gasteiger partial charge in [-0.2, -0.15) is 5.10 Å². The Balaban J connectivity index is 1.93. The molecule has 2 heterocycles. The minimum Gasteiger partial charge on any atom is -0.348 e. The molecule has 0 aliphatic heterocycles. The second kappa shape index (κ2) is 7.86. The van der Waals surface area contributed by atoms with Crippen LogP contribution in [0.1, 0.15) is 56.7 Å². The third kappa shape index (κ3) is 3.58. The van der Waals surface area contributed by atoms with Crippen LogP contribution in [-0.4, -0.2) is 28.1 Å². The number of aromatic nitrogens is 2. The lowest BCUT2D eigenvalue weighted by atomic mass is 9.95. The van der Waals surface area contributed by atoms with Crippen molar-refractivity contribution in [1.82, 2.24) is 15.1 Å². The van der Waals surface area contributed by atoms with Crippen LogP contribution < -0.4 is 10.6 Å². The molecule has 0 spiro atoms. The van der Waals surface area contributed by atoms with Gasteiger partial charge in [-0.1, -0.05) is 6.08 Å². The Hall–Kier alpha value is -2.41. The Kier molecular flexibility index (Phi) is 5.56. The van der Waals surface area contributed by atoms with Gasteiger partial charge in [0.2, 0.25) is 0 Å². The Morgan fingerprint density at radius 3 is 2.85 bits per heavy atom. The number of nitrogens with one attached hydrogen (secondary N) is 2. The predicted molar refractivity (Wildman–Crippen MR) is 104 cm³/mol. The molecule has 0 fully saturated rings. The summed E-state index contributed by atoms with van der Waals surface area (Å²) in [7, 11) is 0. The molecule has 2 amide bonds. The number of fused-ring (bicyclic) bond motifs is 1. The smallest absolute Gasteiger partial charge is 0.274 e. The topological polar surface area (TPSA) is 76.0 Å². The molecule has 7 heteroatoms. The van der Waals surface area contributed by atoms with Gasteiger partial charge < -0.3 is 10.6 Å². The van der Waals surface area contributed by atoms with Crippen LogP contribution in [-0.2, 0) is 19.4 Å². The SMILES string of the molecule is C=CCNC(=O)c1c(NC(=O)c2cc(C)nn2CC)sc2c1CCCC2. The highest BCUT2D eigenvalue weighted by atomic mass is 32.1. The van der Waals surface area contributed by atoms with Gasteiger partial charge in [0.05, 0.1) is 11.3 Å². The van der Waals surface area contributed by atoms with Crippen LogP contribution >= 0.6 is 11.3 Å². The summed E-state index contributed by atoms with van der Waals surface area (Å²) < 4.78 is 1.68. The number of thiophene rings is 1. The first-order valence-corrected chi connectivity index (χ1v) is 9.76. The summed E-state index contributed by atoms with van der Waals surface area (Å²) in [5.74, 6) is -0.386. The minimum atomic E-state index is -0.233. The van der Waals surface area contributed by atoms with Gasteiger partial charge in [-0.15, -0.1) is 17.9 Å². The maximum atomic E-state index is 12.8. The van der Waals surface area contributed by atoms with Gasteiger partial charge in [0.15, 0.2) is 0 Å². The summed E-state index contributed by atoms with van der Waals surface area (Å²) in [6, 6.07) is 1.77. The summed E-state index contributed by atoms with van der Waals surface area (Å²) in [5, 5.41) is 10.8. The van der Waals surface area contributed by atoms with Crippen LogP contribution in [0, 0.1) is 6.92 Å². The Morgan fingerprint density at radius 1 is 1.35 bits per heavy atom. The van der Waals surface area contributed by atoms with E-state index < -0.39 is 0 Å². The van der Waals surface area contributed by atoms with E-state index in [1.165, 1.54) is 16.2 Å². The van der Waals surface area contributed by atoms with Crippen molar-refractivity contribution in [1.29, 1.82) is 0 Å². The van der Waals surface area contributed by atoms with E-state index in [9.17, 15) is 9.59 Å². The molecule has 2 aromatic heterocycles. The van der Waals surface area contributed by atoms with Crippen LogP contribution in [0.5, 0.6) is 0 Å². The third-order valence-electron chi connectivity index (χ3n) is 4.47. The van der Waals surface area contributed by atoms with Gasteiger partial charge in [0.1, 0.15) is 10.7 Å². The molecule has 0 saturated carbocycles. The molecule has 138 valence electrons. The molecule has 1 aliphatic carbocycles. The van der Waals surface area contributed by atoms with Crippen molar-refractivity contribution < 1.29 is 9.59 Å². The van der Waals surface area contributed by atoms with Crippen molar-refractivity contribution in [2.75, 3.05) is 11.9 Å². The first kappa shape index (κ1) is 18.4. The van der Waals surface area contributed by atoms with Gasteiger partial charge in [-0.05, 0) is 51.2 Å². The molecule has 2 N–H and O–H groups in total. The minimum absolute atomic E-state index is 0.153. The summed E-state index contributed by atoms with van der Waals surface area (Å²) in [4.78, 5) is 26.7. The van der Waals surface area contributed by atoms with Gasteiger partial charge >= 0.3 is 0 Å². The summed E-state index contributed by atoms with van der Waals surface area (Å²) in [6.07, 6.45) is 5.68. The average molecular weight is 372 g/mol. The first-order chi connectivity index (χ1) is 12.5. The molecule has 0 aromatic carbocycles. The molecule has 0 radical (unpaired) electrons. The van der Waals surface area contributed by atoms with Crippen LogP contribution in [0.3, 0.4) is 0 Å². The number of hydrogen-bond acceptors (Lipinski definition) is 4. The Morgan fingerprint density at radius 2 is 2.12 bits per heavy atom. The average Bonchev–Trinajstić information content (AvgIpc) is 3.19. The predicted octanol–water partition coefficient (Wildman–Crippen LogP) is 3.32. The Bertz CT molecular complexity index is 850. The van der Waals surface area contributed by atoms with E-state index in [1.54, 1.807) is 16.8 Å². The summed E-state index contributed by atoms with van der Waals surface area (Å²) >= 11 is 1.52. The highest BCUT2D eigenvalue weighted by molar-refractivity contribution is 7.17. The zero-order valence-electron chi connectivity index (χ0n) is 15.2. The van der Waals surface area contributed by atoms with E-state index in [1.807, 2.05) is 13.8 Å². The Labute approximate surface area is 157 Å². The van der Waals surface area contributed by atoms with E-state index in [2.05, 4.69) is 22.3 Å². The third-order valence-corrected chi connectivity index (χ3v) is 5.67. The quantitative estimate of drug-likeness (QED) is 0.764. The molecule has 0 atom stereocenters. The lowest BCUT2D eigenvalue weighted by molar-refractivity contribution is 0.0958. The van der Waals surface area contributed by atoms with E-state index in [4.69, 9.17) is 0 Å². The van der Waals surface area contributed by atoms with Crippen molar-refractivity contribution in [3.8, 4) is 0 Å². The van der Waals surface area contributed by atoms with E-state index in [0.29, 0.717) is 29.3 Å². The molecule has 0 unspecified atom stereocenters. The zero-order valence-corrected chi connectivity index (χ0v) is 16.0. The van der Waals surface area contributed by atoms with E-state index in [0.717, 1.165) is 36.9 Å². The maximum absolute atomic E-state index is 12.8. The number of amides is 2. The second-order valence-corrected chi connectivity index (χ2v) is 7.46. The van der Waals surface area contributed by atoms with Crippen LogP contribution in [0.4, 0.5) is 5.00 Å². The molecule has 3 rings (SSSR count). The van der Waals surface area contributed by atoms with Crippen LogP contribution in [0.15, 0.2) is 18.7 Å². The summed E-state index contributed by atoms with van der Waals surface area (Å²) in [6.45, 7) is 8.47. The van der Waals surface area contributed by atoms with Crippen LogP contribution in [0.2, 0.25) is 0 Å². The van der Waals surface area contributed by atoms with Crippen molar-refractivity contribution in [3.05, 3.63) is 46.1 Å². The van der Waals surface area contributed by atoms with Crippen molar-refractivity contribution >= 4 is 28.2 Å². The molecule has 1 aliphatic rings. The molecule has 26 heavy (non-hydrogen) atoms. The molecule has 0 saturated heterocycles. The number of carbonyl (C=O) groups is 2. The monoisotopic (exact) mass is 372 g/mol. The molecule has 0 bridgehead atoms. The largest absolute Gasteiger partial charge is 0.348 e. The lowest BCUT2D eigenvalue weighted by Crippen LogP contribution is -2.26. The van der Waals surface area contributed by atoms with Crippen molar-refractivity contribution in [3.63, 3.8) is 0 Å². The van der Waals surface area contributed by atoms with Crippen molar-refractivity contribution in [2.45, 2.75) is 46.1 Å². The number of aryl methyl sites for hydroxylation is 3. The highest BCUT2D eigenvalue weighted by Crippen LogP contribution is 2.38. The second-order valence-electron chi connectivity index (χ2n) is 6.35.